The van der Waals surface area contributed by atoms with Gasteiger partial charge in [-0.1, -0.05) is 97.1 Å². The van der Waals surface area contributed by atoms with Gasteiger partial charge in [0.1, 0.15) is 5.92 Å². The molecule has 1 nitrogen and oxygen atoms in total. The zero-order valence-electron chi connectivity index (χ0n) is 15.5. The zero-order chi connectivity index (χ0) is 18.8. The van der Waals surface area contributed by atoms with Crippen LogP contribution in [0.1, 0.15) is 16.7 Å². The molecular weight excluding hydrogens is 340 g/mol. The van der Waals surface area contributed by atoms with Crippen molar-refractivity contribution in [3.05, 3.63) is 132 Å². The molecule has 134 valence electrons. The monoisotopic (exact) mass is 361 g/mol. The van der Waals surface area contributed by atoms with E-state index in [0.717, 1.165) is 5.78 Å². The Bertz CT molecular complexity index is 1110. The van der Waals surface area contributed by atoms with E-state index in [9.17, 15) is 0 Å². The van der Waals surface area contributed by atoms with E-state index in [1.165, 1.54) is 22.3 Å². The third kappa shape index (κ3) is 2.76. The second-order valence-corrected chi connectivity index (χ2v) is 7.17. The average molecular weight is 361 g/mol. The van der Waals surface area contributed by atoms with E-state index in [4.69, 9.17) is 4.42 Å². The van der Waals surface area contributed by atoms with Crippen LogP contribution in [0.5, 0.6) is 0 Å². The molecule has 1 aliphatic heterocycles. The van der Waals surface area contributed by atoms with Gasteiger partial charge in [0, 0.05) is 18.2 Å². The Balaban J connectivity index is 1.48. The Labute approximate surface area is 165 Å². The lowest BCUT2D eigenvalue weighted by Gasteiger charge is -2.15. The van der Waals surface area contributed by atoms with Gasteiger partial charge in [0.05, 0.1) is 5.56 Å². The van der Waals surface area contributed by atoms with Crippen LogP contribution in [0.3, 0.4) is 0 Å². The molecule has 0 saturated heterocycles. The van der Waals surface area contributed by atoms with Crippen molar-refractivity contribution in [2.24, 2.45) is 5.92 Å². The summed E-state index contributed by atoms with van der Waals surface area (Å²) in [5.41, 5.74) is 4.58. The number of hydrogen-bond donors (Lipinski definition) is 0. The molecule has 1 heterocycles. The molecule has 2 aliphatic carbocycles. The van der Waals surface area contributed by atoms with Gasteiger partial charge in [0.2, 0.25) is 0 Å². The quantitative estimate of drug-likeness (QED) is 0.363. The van der Waals surface area contributed by atoms with E-state index >= 15 is 0 Å². The molecule has 5 rings (SSSR count). The maximum absolute atomic E-state index is 6.58. The van der Waals surface area contributed by atoms with Gasteiger partial charge in [-0.2, -0.15) is 0 Å². The lowest BCUT2D eigenvalue weighted by Crippen LogP contribution is -2.27. The molecule has 2 aromatic rings. The van der Waals surface area contributed by atoms with Crippen molar-refractivity contribution < 1.29 is 4.42 Å². The van der Waals surface area contributed by atoms with Crippen LogP contribution >= 0.6 is 0 Å². The van der Waals surface area contributed by atoms with Gasteiger partial charge in [0.15, 0.2) is 0 Å². The fourth-order valence-electron chi connectivity index (χ4n) is 4.23. The SMILES string of the molecule is C1=CC=C2c3ccccc3C3(C=CC(/C=C/C=C/c4ccccc4)=[O+]3)C2C=C1. The van der Waals surface area contributed by atoms with Crippen molar-refractivity contribution in [1.29, 1.82) is 0 Å². The summed E-state index contributed by atoms with van der Waals surface area (Å²) in [4.78, 5) is 0. The molecule has 28 heavy (non-hydrogen) atoms. The maximum atomic E-state index is 6.58. The summed E-state index contributed by atoms with van der Waals surface area (Å²) in [6.45, 7) is 0. The fourth-order valence-corrected chi connectivity index (χ4v) is 4.23. The molecular formula is C27H21O+. The van der Waals surface area contributed by atoms with Crippen LogP contribution in [-0.4, -0.2) is 5.78 Å². The predicted molar refractivity (Wildman–Crippen MR) is 117 cm³/mol. The highest BCUT2D eigenvalue weighted by Gasteiger charge is 2.58. The average Bonchev–Trinajstić information content (AvgIpc) is 3.15. The lowest BCUT2D eigenvalue weighted by molar-refractivity contribution is -0.546. The molecule has 0 radical (unpaired) electrons. The minimum absolute atomic E-state index is 0.182. The fraction of sp³-hybridized carbons (Fsp3) is 0.0741. The van der Waals surface area contributed by atoms with Crippen LogP contribution in [0.25, 0.3) is 11.6 Å². The van der Waals surface area contributed by atoms with Gasteiger partial charge in [-0.25, -0.2) is 4.42 Å². The molecule has 1 spiro atoms. The van der Waals surface area contributed by atoms with Gasteiger partial charge in [-0.05, 0) is 22.8 Å². The first kappa shape index (κ1) is 16.7. The number of carbonyl (C=O) groups excluding carboxylic acids is 1. The Kier molecular flexibility index (Phi) is 4.14. The summed E-state index contributed by atoms with van der Waals surface area (Å²) in [5, 5.41) is 0. The highest BCUT2D eigenvalue weighted by Crippen LogP contribution is 2.53. The number of ketones is 1. The summed E-state index contributed by atoms with van der Waals surface area (Å²) in [5.74, 6) is 1.07. The standard InChI is InChI=1S/C27H21O/c1-3-11-21(12-4-1)13-7-8-14-22-19-20-27(28-22)25-17-6-2-5-15-23(25)24-16-9-10-18-26(24)27/h1-20,25H/q+1/b13-7+,14-8+. The van der Waals surface area contributed by atoms with Gasteiger partial charge in [-0.15, -0.1) is 0 Å². The van der Waals surface area contributed by atoms with Crippen LogP contribution in [0.15, 0.2) is 115 Å². The van der Waals surface area contributed by atoms with Crippen molar-refractivity contribution in [3.63, 3.8) is 0 Å². The Morgan fingerprint density at radius 2 is 1.64 bits per heavy atom. The Morgan fingerprint density at radius 3 is 2.57 bits per heavy atom. The number of hydrogen-bond acceptors (Lipinski definition) is 0. The molecule has 2 aromatic carbocycles. The first-order valence-electron chi connectivity index (χ1n) is 9.67. The topological polar surface area (TPSA) is 11.3 Å². The second-order valence-electron chi connectivity index (χ2n) is 7.17. The Hall–Kier alpha value is -3.45. The number of benzene rings is 2. The first-order valence-corrected chi connectivity index (χ1v) is 9.67. The van der Waals surface area contributed by atoms with Gasteiger partial charge in [0.25, 0.3) is 0 Å². The van der Waals surface area contributed by atoms with Crippen LogP contribution in [-0.2, 0) is 10.0 Å². The first-order chi connectivity index (χ1) is 13.9. The number of fused-ring (bicyclic) bond motifs is 5. The Morgan fingerprint density at radius 1 is 0.821 bits per heavy atom. The van der Waals surface area contributed by atoms with Gasteiger partial charge in [-0.3, -0.25) is 0 Å². The molecule has 2 unspecified atom stereocenters. The predicted octanol–water partition coefficient (Wildman–Crippen LogP) is 5.97. The minimum Gasteiger partial charge on any atom is -0.239 e. The molecule has 0 aromatic heterocycles. The molecule has 0 bridgehead atoms. The molecule has 3 aliphatic rings. The van der Waals surface area contributed by atoms with Crippen LogP contribution in [0.2, 0.25) is 0 Å². The van der Waals surface area contributed by atoms with E-state index in [-0.39, 0.29) is 5.92 Å². The highest BCUT2D eigenvalue weighted by atomic mass is 16.4. The third-order valence-electron chi connectivity index (χ3n) is 5.50. The van der Waals surface area contributed by atoms with Crippen LogP contribution in [0, 0.1) is 5.92 Å². The normalized spacial score (nSPS) is 24.6. The molecule has 1 heteroatoms. The molecule has 0 amide bonds. The summed E-state index contributed by atoms with van der Waals surface area (Å²) in [6, 6.07) is 18.9. The van der Waals surface area contributed by atoms with Crippen molar-refractivity contribution in [3.8, 4) is 0 Å². The molecule has 0 N–H and O–H groups in total. The van der Waals surface area contributed by atoms with Crippen molar-refractivity contribution in [2.45, 2.75) is 5.60 Å². The van der Waals surface area contributed by atoms with E-state index < -0.39 is 5.60 Å². The highest BCUT2D eigenvalue weighted by molar-refractivity contribution is 6.01. The summed E-state index contributed by atoms with van der Waals surface area (Å²) < 4.78 is 6.58. The smallest absolute Gasteiger partial charge is 0.239 e. The maximum Gasteiger partial charge on any atom is 0.345 e. The van der Waals surface area contributed by atoms with E-state index in [2.05, 4.69) is 85.0 Å². The number of allylic oxidation sites excluding steroid dienone is 8. The van der Waals surface area contributed by atoms with Crippen molar-refractivity contribution in [1.82, 2.24) is 0 Å². The summed E-state index contributed by atoms with van der Waals surface area (Å²) >= 11 is 0. The largest absolute Gasteiger partial charge is 0.345 e. The molecule has 0 saturated carbocycles. The van der Waals surface area contributed by atoms with Gasteiger partial charge < -0.3 is 0 Å². The summed E-state index contributed by atoms with van der Waals surface area (Å²) in [6.07, 6.45) is 23.3. The van der Waals surface area contributed by atoms with Crippen LogP contribution < -0.4 is 0 Å². The van der Waals surface area contributed by atoms with Crippen molar-refractivity contribution >= 4 is 17.4 Å². The van der Waals surface area contributed by atoms with Gasteiger partial charge >= 0.3 is 11.4 Å². The second kappa shape index (κ2) is 6.94. The zero-order valence-corrected chi connectivity index (χ0v) is 15.5. The van der Waals surface area contributed by atoms with E-state index in [0.29, 0.717) is 0 Å². The third-order valence-corrected chi connectivity index (χ3v) is 5.50. The number of rotatable bonds is 3. The minimum atomic E-state index is -0.451. The van der Waals surface area contributed by atoms with E-state index in [1.54, 1.807) is 0 Å². The van der Waals surface area contributed by atoms with Crippen LogP contribution in [0.4, 0.5) is 0 Å². The molecule has 2 atom stereocenters. The van der Waals surface area contributed by atoms with Crippen molar-refractivity contribution in [2.75, 3.05) is 0 Å². The lowest BCUT2D eigenvalue weighted by atomic mass is 9.85. The van der Waals surface area contributed by atoms with E-state index in [1.807, 2.05) is 36.4 Å². The molecule has 0 fully saturated rings. The summed E-state index contributed by atoms with van der Waals surface area (Å²) in [7, 11) is 0.